The fraction of sp³-hybridized carbons (Fsp3) is 0.118. The van der Waals surface area contributed by atoms with E-state index in [2.05, 4.69) is 31.6 Å². The summed E-state index contributed by atoms with van der Waals surface area (Å²) in [5.41, 5.74) is 1.77. The van der Waals surface area contributed by atoms with Gasteiger partial charge in [0.05, 0.1) is 11.4 Å². The van der Waals surface area contributed by atoms with Crippen LogP contribution in [0.4, 0.5) is 8.78 Å². The summed E-state index contributed by atoms with van der Waals surface area (Å²) in [5, 5.41) is 10.5. The number of benzene rings is 2. The molecule has 1 amide bonds. The van der Waals surface area contributed by atoms with E-state index >= 15 is 0 Å². The Bertz CT molecular complexity index is 922. The second-order valence-corrected chi connectivity index (χ2v) is 6.20. The smallest absolute Gasteiger partial charge is 0.274 e. The summed E-state index contributed by atoms with van der Waals surface area (Å²) in [4.78, 5) is 12.3. The number of hydrogen-bond acceptors (Lipinski definition) is 3. The Hall–Kier alpha value is -2.61. The minimum Gasteiger partial charge on any atom is -0.347 e. The Kier molecular flexibility index (Phi) is 4.89. The number of para-hydroxylation sites is 1. The van der Waals surface area contributed by atoms with Crippen molar-refractivity contribution in [1.82, 2.24) is 20.3 Å². The third kappa shape index (κ3) is 3.74. The Balaban J connectivity index is 1.78. The molecule has 1 heterocycles. The van der Waals surface area contributed by atoms with Crippen LogP contribution in [-0.4, -0.2) is 20.9 Å². The normalized spacial score (nSPS) is 10.7. The predicted molar refractivity (Wildman–Crippen MR) is 91.3 cm³/mol. The van der Waals surface area contributed by atoms with Crippen LogP contribution < -0.4 is 5.32 Å². The van der Waals surface area contributed by atoms with E-state index < -0.39 is 17.5 Å². The Morgan fingerprint density at radius 1 is 1.20 bits per heavy atom. The Morgan fingerprint density at radius 2 is 1.88 bits per heavy atom. The Morgan fingerprint density at radius 3 is 2.56 bits per heavy atom. The number of carbonyl (C=O) groups excluding carboxylic acids is 1. The molecule has 0 aliphatic heterocycles. The molecule has 0 spiro atoms. The number of aromatic nitrogens is 3. The molecule has 0 aliphatic rings. The number of halogens is 3. The topological polar surface area (TPSA) is 59.8 Å². The van der Waals surface area contributed by atoms with Crippen molar-refractivity contribution in [3.63, 3.8) is 0 Å². The van der Waals surface area contributed by atoms with Gasteiger partial charge < -0.3 is 5.32 Å². The fourth-order valence-corrected chi connectivity index (χ4v) is 2.82. The van der Waals surface area contributed by atoms with Crippen LogP contribution in [-0.2, 0) is 6.54 Å². The zero-order valence-corrected chi connectivity index (χ0v) is 14.7. The van der Waals surface area contributed by atoms with Crippen LogP contribution in [0.25, 0.3) is 5.69 Å². The van der Waals surface area contributed by atoms with Gasteiger partial charge in [-0.25, -0.2) is 13.5 Å². The molecule has 1 N–H and O–H groups in total. The number of rotatable bonds is 4. The van der Waals surface area contributed by atoms with Crippen molar-refractivity contribution in [2.45, 2.75) is 13.5 Å². The molecule has 0 fully saturated rings. The van der Waals surface area contributed by atoms with Crippen molar-refractivity contribution in [2.24, 2.45) is 0 Å². The van der Waals surface area contributed by atoms with Gasteiger partial charge in [0.15, 0.2) is 5.69 Å². The minimum absolute atomic E-state index is 0.0190. The van der Waals surface area contributed by atoms with Crippen molar-refractivity contribution in [3.05, 3.63) is 75.5 Å². The summed E-state index contributed by atoms with van der Waals surface area (Å²) in [6.07, 6.45) is 0. The highest BCUT2D eigenvalue weighted by atomic mass is 79.9. The highest BCUT2D eigenvalue weighted by Gasteiger charge is 2.18. The monoisotopic (exact) mass is 406 g/mol. The van der Waals surface area contributed by atoms with Gasteiger partial charge in [-0.1, -0.05) is 17.3 Å². The summed E-state index contributed by atoms with van der Waals surface area (Å²) in [6.45, 7) is 1.70. The first-order valence-electron chi connectivity index (χ1n) is 7.36. The molecule has 0 aliphatic carbocycles. The summed E-state index contributed by atoms with van der Waals surface area (Å²) in [6, 6.07) is 10.5. The molecular weight excluding hydrogens is 394 g/mol. The van der Waals surface area contributed by atoms with Crippen LogP contribution in [0.2, 0.25) is 0 Å². The van der Waals surface area contributed by atoms with Crippen LogP contribution in [0.3, 0.4) is 0 Å². The van der Waals surface area contributed by atoms with Crippen molar-refractivity contribution in [2.75, 3.05) is 0 Å². The van der Waals surface area contributed by atoms with Gasteiger partial charge in [0.2, 0.25) is 0 Å². The maximum absolute atomic E-state index is 13.2. The van der Waals surface area contributed by atoms with Crippen LogP contribution >= 0.6 is 15.9 Å². The van der Waals surface area contributed by atoms with E-state index in [1.807, 2.05) is 24.3 Å². The Labute approximate surface area is 150 Å². The number of amides is 1. The van der Waals surface area contributed by atoms with E-state index in [4.69, 9.17) is 0 Å². The third-order valence-electron chi connectivity index (χ3n) is 3.57. The molecule has 1 aromatic heterocycles. The lowest BCUT2D eigenvalue weighted by Crippen LogP contribution is -2.24. The summed E-state index contributed by atoms with van der Waals surface area (Å²) < 4.78 is 28.7. The first kappa shape index (κ1) is 17.2. The molecule has 25 heavy (non-hydrogen) atoms. The average molecular weight is 407 g/mol. The van der Waals surface area contributed by atoms with Gasteiger partial charge in [-0.2, -0.15) is 0 Å². The minimum atomic E-state index is -0.694. The molecule has 0 saturated heterocycles. The van der Waals surface area contributed by atoms with Gasteiger partial charge in [0.25, 0.3) is 5.91 Å². The van der Waals surface area contributed by atoms with Gasteiger partial charge in [-0.05, 0) is 52.7 Å². The number of carbonyl (C=O) groups is 1. The zero-order valence-electron chi connectivity index (χ0n) is 13.1. The van der Waals surface area contributed by atoms with Crippen molar-refractivity contribution >= 4 is 21.8 Å². The van der Waals surface area contributed by atoms with Gasteiger partial charge in [0, 0.05) is 17.1 Å². The van der Waals surface area contributed by atoms with Crippen molar-refractivity contribution in [1.29, 1.82) is 0 Å². The molecule has 0 saturated carbocycles. The summed E-state index contributed by atoms with van der Waals surface area (Å²) in [7, 11) is 0. The quantitative estimate of drug-likeness (QED) is 0.720. The lowest BCUT2D eigenvalue weighted by atomic mass is 10.2. The maximum Gasteiger partial charge on any atom is 0.274 e. The van der Waals surface area contributed by atoms with Gasteiger partial charge >= 0.3 is 0 Å². The second kappa shape index (κ2) is 7.10. The molecule has 8 heteroatoms. The average Bonchev–Trinajstić information content (AvgIpc) is 2.94. The highest BCUT2D eigenvalue weighted by Crippen LogP contribution is 2.21. The molecule has 3 rings (SSSR count). The van der Waals surface area contributed by atoms with Crippen LogP contribution in [0, 0.1) is 18.6 Å². The lowest BCUT2D eigenvalue weighted by molar-refractivity contribution is 0.0945. The number of nitrogens with zero attached hydrogens (tertiary/aromatic N) is 3. The highest BCUT2D eigenvalue weighted by molar-refractivity contribution is 9.10. The van der Waals surface area contributed by atoms with Crippen molar-refractivity contribution in [3.8, 4) is 5.69 Å². The SMILES string of the molecule is Cc1c(C(=O)NCc2cc(F)cc(F)c2)nnn1-c1ccccc1Br. The van der Waals surface area contributed by atoms with Crippen LogP contribution in [0.5, 0.6) is 0 Å². The molecule has 0 unspecified atom stereocenters. The second-order valence-electron chi connectivity index (χ2n) is 5.35. The van der Waals surface area contributed by atoms with Crippen LogP contribution in [0.15, 0.2) is 46.9 Å². The first-order valence-corrected chi connectivity index (χ1v) is 8.15. The van der Waals surface area contributed by atoms with Crippen LogP contribution in [0.1, 0.15) is 21.7 Å². The predicted octanol–water partition coefficient (Wildman–Crippen LogP) is 3.55. The molecule has 0 bridgehead atoms. The lowest BCUT2D eigenvalue weighted by Gasteiger charge is -2.07. The van der Waals surface area contributed by atoms with E-state index in [1.54, 1.807) is 11.6 Å². The van der Waals surface area contributed by atoms with E-state index in [0.717, 1.165) is 28.4 Å². The molecule has 0 atom stereocenters. The summed E-state index contributed by atoms with van der Waals surface area (Å²) in [5.74, 6) is -1.86. The van der Waals surface area contributed by atoms with Crippen molar-refractivity contribution < 1.29 is 13.6 Å². The number of nitrogens with one attached hydrogen (secondary N) is 1. The molecule has 0 radical (unpaired) electrons. The zero-order chi connectivity index (χ0) is 18.0. The third-order valence-corrected chi connectivity index (χ3v) is 4.24. The maximum atomic E-state index is 13.2. The number of hydrogen-bond donors (Lipinski definition) is 1. The van der Waals surface area contributed by atoms with Gasteiger partial charge in [0.1, 0.15) is 11.6 Å². The van der Waals surface area contributed by atoms with E-state index in [-0.39, 0.29) is 12.2 Å². The molecule has 3 aromatic rings. The van der Waals surface area contributed by atoms with E-state index in [9.17, 15) is 13.6 Å². The van der Waals surface area contributed by atoms with E-state index in [1.165, 1.54) is 0 Å². The van der Waals surface area contributed by atoms with E-state index in [0.29, 0.717) is 11.3 Å². The molecule has 128 valence electrons. The first-order chi connectivity index (χ1) is 12.0. The fourth-order valence-electron chi connectivity index (χ4n) is 2.37. The largest absolute Gasteiger partial charge is 0.347 e. The summed E-state index contributed by atoms with van der Waals surface area (Å²) >= 11 is 3.43. The van der Waals surface area contributed by atoms with Gasteiger partial charge in [-0.15, -0.1) is 5.10 Å². The molecule has 5 nitrogen and oxygen atoms in total. The van der Waals surface area contributed by atoms with Gasteiger partial charge in [-0.3, -0.25) is 4.79 Å². The molecular formula is C17H13BrF2N4O. The molecule has 2 aromatic carbocycles. The standard InChI is InChI=1S/C17H13BrF2N4O/c1-10-16(22-23-24(10)15-5-3-2-4-14(15)18)17(25)21-9-11-6-12(19)8-13(20)7-11/h2-8H,9H2,1H3,(H,21,25).